The lowest BCUT2D eigenvalue weighted by molar-refractivity contribution is -0.142. The minimum Gasteiger partial charge on any atom is -0.492 e. The van der Waals surface area contributed by atoms with Gasteiger partial charge in [0.2, 0.25) is 5.91 Å². The lowest BCUT2D eigenvalue weighted by atomic mass is 10.1. The van der Waals surface area contributed by atoms with E-state index < -0.39 is 12.0 Å². The second kappa shape index (κ2) is 16.0. The van der Waals surface area contributed by atoms with Gasteiger partial charge in [-0.15, -0.1) is 0 Å². The molecule has 2 heterocycles. The molecule has 0 spiro atoms. The van der Waals surface area contributed by atoms with E-state index in [0.29, 0.717) is 31.1 Å². The lowest BCUT2D eigenvalue weighted by Gasteiger charge is -2.24. The number of halogens is 1. The van der Waals surface area contributed by atoms with Crippen molar-refractivity contribution in [3.8, 4) is 5.75 Å². The van der Waals surface area contributed by atoms with Crippen LogP contribution in [0, 0.1) is 0 Å². The number of pyridine rings is 1. The number of hydrogen-bond acceptors (Lipinski definition) is 6. The Kier molecular flexibility index (Phi) is 11.8. The first-order valence-electron chi connectivity index (χ1n) is 14.4. The van der Waals surface area contributed by atoms with E-state index in [-0.39, 0.29) is 12.3 Å². The molecule has 4 rings (SSSR count). The minimum atomic E-state index is -1.04. The third-order valence-corrected chi connectivity index (χ3v) is 7.38. The molecule has 3 N–H and O–H groups in total. The second-order valence-electron chi connectivity index (χ2n) is 10.4. The van der Waals surface area contributed by atoms with E-state index in [1.165, 1.54) is 5.56 Å². The number of ether oxygens (including phenoxy) is 1. The van der Waals surface area contributed by atoms with E-state index in [0.717, 1.165) is 68.0 Å². The molecule has 3 aromatic rings. The van der Waals surface area contributed by atoms with Gasteiger partial charge in [-0.2, -0.15) is 0 Å². The van der Waals surface area contributed by atoms with Crippen molar-refractivity contribution in [2.24, 2.45) is 0 Å². The summed E-state index contributed by atoms with van der Waals surface area (Å²) in [6, 6.07) is 20.0. The molecular weight excluding hydrogens is 540 g/mol. The zero-order valence-electron chi connectivity index (χ0n) is 23.4. The number of para-hydroxylation sites is 1. The summed E-state index contributed by atoms with van der Waals surface area (Å²) in [4.78, 5) is 31.6. The number of carbonyl (C=O) groups excluding carboxylic acids is 1. The van der Waals surface area contributed by atoms with Crippen molar-refractivity contribution in [2.75, 3.05) is 38.1 Å². The van der Waals surface area contributed by atoms with Gasteiger partial charge in [0, 0.05) is 30.4 Å². The van der Waals surface area contributed by atoms with E-state index in [1.54, 1.807) is 24.3 Å². The van der Waals surface area contributed by atoms with Crippen LogP contribution in [0.5, 0.6) is 5.75 Å². The largest absolute Gasteiger partial charge is 0.492 e. The fourth-order valence-corrected chi connectivity index (χ4v) is 5.15. The maximum absolute atomic E-state index is 12.6. The number of carboxylic acids is 1. The average molecular weight is 579 g/mol. The number of hydrogen-bond donors (Lipinski definition) is 3. The number of aliphatic carboxylic acids is 1. The number of aryl methyl sites for hydroxylation is 2. The Hall–Kier alpha value is -3.62. The molecule has 2 aromatic carbocycles. The maximum atomic E-state index is 12.6. The Morgan fingerprint density at radius 1 is 1.05 bits per heavy atom. The van der Waals surface area contributed by atoms with Crippen molar-refractivity contribution in [1.82, 2.24) is 15.2 Å². The number of nitrogens with zero attached hydrogens (tertiary/aromatic N) is 2. The first kappa shape index (κ1) is 30.3. The topological polar surface area (TPSA) is 104 Å². The highest BCUT2D eigenvalue weighted by Crippen LogP contribution is 2.20. The van der Waals surface area contributed by atoms with Gasteiger partial charge in [0.1, 0.15) is 24.2 Å². The number of carbonyl (C=O) groups is 2. The smallest absolute Gasteiger partial charge is 0.326 e. The number of rotatable bonds is 16. The zero-order valence-corrected chi connectivity index (χ0v) is 24.1. The molecule has 218 valence electrons. The molecule has 8 nitrogen and oxygen atoms in total. The van der Waals surface area contributed by atoms with Crippen molar-refractivity contribution in [3.05, 3.63) is 88.6 Å². The summed E-state index contributed by atoms with van der Waals surface area (Å²) in [6.07, 6.45) is 5.39. The predicted octanol–water partition coefficient (Wildman–Crippen LogP) is 5.00. The van der Waals surface area contributed by atoms with Crippen LogP contribution in [0.15, 0.2) is 66.7 Å². The lowest BCUT2D eigenvalue weighted by Crippen LogP contribution is -2.44. The highest BCUT2D eigenvalue weighted by Gasteiger charge is 2.21. The van der Waals surface area contributed by atoms with Gasteiger partial charge >= 0.3 is 5.97 Å². The Labute approximate surface area is 247 Å². The molecular formula is C32H39ClN4O4. The first-order chi connectivity index (χ1) is 20.0. The van der Waals surface area contributed by atoms with Crippen molar-refractivity contribution in [1.29, 1.82) is 0 Å². The molecule has 1 amide bonds. The number of nitrogens with one attached hydrogen (secondary N) is 2. The van der Waals surface area contributed by atoms with Gasteiger partial charge < -0.3 is 20.5 Å². The Morgan fingerprint density at radius 3 is 2.71 bits per heavy atom. The zero-order chi connectivity index (χ0) is 28.9. The van der Waals surface area contributed by atoms with Crippen LogP contribution in [0.1, 0.15) is 42.5 Å². The number of anilines is 1. The van der Waals surface area contributed by atoms with Crippen LogP contribution in [0.25, 0.3) is 0 Å². The molecule has 9 heteroatoms. The second-order valence-corrected chi connectivity index (χ2v) is 10.8. The average Bonchev–Trinajstić information content (AvgIpc) is 2.97. The van der Waals surface area contributed by atoms with Crippen molar-refractivity contribution < 1.29 is 19.4 Å². The van der Waals surface area contributed by atoms with Crippen molar-refractivity contribution in [2.45, 2.75) is 51.0 Å². The summed E-state index contributed by atoms with van der Waals surface area (Å²) in [5, 5.41) is 16.4. The quantitative estimate of drug-likeness (QED) is 0.206. The Balaban J connectivity index is 1.28. The third kappa shape index (κ3) is 10.4. The van der Waals surface area contributed by atoms with Crippen LogP contribution in [0.3, 0.4) is 0 Å². The van der Waals surface area contributed by atoms with Crippen LogP contribution in [-0.4, -0.2) is 65.7 Å². The van der Waals surface area contributed by atoms with Gasteiger partial charge in [0.15, 0.2) is 0 Å². The summed E-state index contributed by atoms with van der Waals surface area (Å²) in [5.74, 6) is 0.435. The number of fused-ring (bicyclic) bond motifs is 1. The Bertz CT molecular complexity index is 1270. The fraction of sp³-hybridized carbons (Fsp3) is 0.406. The van der Waals surface area contributed by atoms with Gasteiger partial charge in [0.05, 0.1) is 6.42 Å². The molecule has 1 aliphatic rings. The summed E-state index contributed by atoms with van der Waals surface area (Å²) < 4.78 is 5.90. The van der Waals surface area contributed by atoms with Gasteiger partial charge in [0.25, 0.3) is 0 Å². The molecule has 1 atom stereocenters. The van der Waals surface area contributed by atoms with Crippen LogP contribution in [0.4, 0.5) is 5.82 Å². The molecule has 0 radical (unpaired) electrons. The number of unbranched alkanes of at least 4 members (excludes halogenated alkanes) is 1. The monoisotopic (exact) mass is 578 g/mol. The molecule has 0 bridgehead atoms. The number of benzene rings is 2. The highest BCUT2D eigenvalue weighted by atomic mass is 35.5. The standard InChI is InChI=1S/C32H39ClN4O4/c33-26-10-6-8-24(22-26)23-30(38)36-29(32(39)40)16-19-37(20-21-41-28-12-2-1-3-13-28)18-5-4-11-27-15-14-25-9-7-17-34-31(25)35-27/h1-3,6,8,10,12-15,22,29H,4-5,7,9,11,16-21,23H2,(H,34,35)(H,36,38)(H,39,40). The van der Waals surface area contributed by atoms with Crippen LogP contribution in [-0.2, 0) is 28.9 Å². The molecule has 1 unspecified atom stereocenters. The SMILES string of the molecule is O=C(Cc1cccc(Cl)c1)NC(CCN(CCCCc1ccc2c(n1)NCCC2)CCOc1ccccc1)C(=O)O. The highest BCUT2D eigenvalue weighted by molar-refractivity contribution is 6.30. The number of aromatic nitrogens is 1. The predicted molar refractivity (Wildman–Crippen MR) is 162 cm³/mol. The van der Waals surface area contributed by atoms with Crippen molar-refractivity contribution in [3.63, 3.8) is 0 Å². The molecule has 41 heavy (non-hydrogen) atoms. The summed E-state index contributed by atoms with van der Waals surface area (Å²) in [7, 11) is 0. The Morgan fingerprint density at radius 2 is 1.90 bits per heavy atom. The summed E-state index contributed by atoms with van der Waals surface area (Å²) >= 11 is 6.02. The first-order valence-corrected chi connectivity index (χ1v) is 14.7. The van der Waals surface area contributed by atoms with Gasteiger partial charge in [-0.1, -0.05) is 48.0 Å². The summed E-state index contributed by atoms with van der Waals surface area (Å²) in [6.45, 7) is 3.43. The number of amides is 1. The maximum Gasteiger partial charge on any atom is 0.326 e. The van der Waals surface area contributed by atoms with Crippen molar-refractivity contribution >= 4 is 29.3 Å². The molecule has 0 aliphatic carbocycles. The number of carboxylic acid groups (broad SMARTS) is 1. The molecule has 0 fully saturated rings. The van der Waals surface area contributed by atoms with E-state index in [2.05, 4.69) is 27.7 Å². The van der Waals surface area contributed by atoms with Gasteiger partial charge in [-0.3, -0.25) is 9.69 Å². The molecule has 0 saturated heterocycles. The minimum absolute atomic E-state index is 0.0746. The van der Waals surface area contributed by atoms with E-state index in [1.807, 2.05) is 30.3 Å². The normalized spacial score (nSPS) is 13.2. The van der Waals surface area contributed by atoms with Gasteiger partial charge in [-0.25, -0.2) is 9.78 Å². The van der Waals surface area contributed by atoms with E-state index in [4.69, 9.17) is 21.3 Å². The third-order valence-electron chi connectivity index (χ3n) is 7.15. The van der Waals surface area contributed by atoms with Gasteiger partial charge in [-0.05, 0) is 86.5 Å². The molecule has 1 aromatic heterocycles. The van der Waals surface area contributed by atoms with E-state index in [9.17, 15) is 14.7 Å². The molecule has 1 aliphatic heterocycles. The van der Waals surface area contributed by atoms with Crippen LogP contribution < -0.4 is 15.4 Å². The summed E-state index contributed by atoms with van der Waals surface area (Å²) in [5.41, 5.74) is 3.12. The van der Waals surface area contributed by atoms with Crippen LogP contribution >= 0.6 is 11.6 Å². The molecule has 0 saturated carbocycles. The van der Waals surface area contributed by atoms with Crippen LogP contribution in [0.2, 0.25) is 5.02 Å². The fourth-order valence-electron chi connectivity index (χ4n) is 4.94. The van der Waals surface area contributed by atoms with E-state index >= 15 is 0 Å².